The summed E-state index contributed by atoms with van der Waals surface area (Å²) in [6, 6.07) is 8.15. The Morgan fingerprint density at radius 2 is 1.86 bits per heavy atom. The number of nitriles is 1. The van der Waals surface area contributed by atoms with Crippen LogP contribution in [0, 0.1) is 17.4 Å². The molecule has 0 heterocycles. The normalized spacial score (nSPS) is 9.93. The van der Waals surface area contributed by atoms with Crippen LogP contribution in [0.2, 0.25) is 0 Å². The zero-order chi connectivity index (χ0) is 10.6. The van der Waals surface area contributed by atoms with Gasteiger partial charge in [-0.25, -0.2) is 0 Å². The van der Waals surface area contributed by atoms with Gasteiger partial charge in [0.25, 0.3) is 0 Å². The summed E-state index contributed by atoms with van der Waals surface area (Å²) in [6.07, 6.45) is 3.17. The lowest BCUT2D eigenvalue weighted by Gasteiger charge is -2.10. The van der Waals surface area contributed by atoms with E-state index in [-0.39, 0.29) is 0 Å². The van der Waals surface area contributed by atoms with Crippen LogP contribution < -0.4 is 4.90 Å². The fraction of sp³-hybridized carbons (Fsp3) is 0.417. The van der Waals surface area contributed by atoms with Crippen molar-refractivity contribution in [3.8, 4) is 6.19 Å². The third kappa shape index (κ3) is 2.77. The van der Waals surface area contributed by atoms with Gasteiger partial charge in [0.2, 0.25) is 0 Å². The van der Waals surface area contributed by atoms with Crippen molar-refractivity contribution in [1.82, 2.24) is 0 Å². The van der Waals surface area contributed by atoms with Gasteiger partial charge in [0.15, 0.2) is 6.19 Å². The number of hydrogen-bond acceptors (Lipinski definition) is 2. The molecule has 0 aliphatic rings. The Kier molecular flexibility index (Phi) is 3.53. The molecule has 0 saturated carbocycles. The Bertz CT molecular complexity index is 319. The van der Waals surface area contributed by atoms with Crippen LogP contribution in [0.4, 0.5) is 5.69 Å². The monoisotopic (exact) mass is 188 g/mol. The van der Waals surface area contributed by atoms with Gasteiger partial charge < -0.3 is 0 Å². The molecule has 0 aliphatic heterocycles. The Morgan fingerprint density at radius 3 is 2.29 bits per heavy atom. The van der Waals surface area contributed by atoms with Gasteiger partial charge in [-0.1, -0.05) is 26.0 Å². The molecule has 2 heteroatoms. The molecule has 0 radical (unpaired) electrons. The minimum absolute atomic E-state index is 0.676. The van der Waals surface area contributed by atoms with Crippen LogP contribution in [0.25, 0.3) is 0 Å². The molecule has 0 aliphatic carbocycles. The van der Waals surface area contributed by atoms with Crippen molar-refractivity contribution in [3.63, 3.8) is 0 Å². The Morgan fingerprint density at radius 1 is 1.29 bits per heavy atom. The van der Waals surface area contributed by atoms with Crippen LogP contribution in [-0.2, 0) is 6.42 Å². The molecule has 0 saturated heterocycles. The highest BCUT2D eigenvalue weighted by molar-refractivity contribution is 5.50. The van der Waals surface area contributed by atoms with Crippen LogP contribution in [0.5, 0.6) is 0 Å². The van der Waals surface area contributed by atoms with E-state index in [0.717, 1.165) is 12.1 Å². The highest BCUT2D eigenvalue weighted by Crippen LogP contribution is 2.15. The van der Waals surface area contributed by atoms with E-state index in [2.05, 4.69) is 32.2 Å². The summed E-state index contributed by atoms with van der Waals surface area (Å²) in [5, 5.41) is 8.68. The summed E-state index contributed by atoms with van der Waals surface area (Å²) >= 11 is 0. The second-order valence-electron chi connectivity index (χ2n) is 3.92. The predicted octanol–water partition coefficient (Wildman–Crippen LogP) is 2.80. The fourth-order valence-corrected chi connectivity index (χ4v) is 1.38. The lowest BCUT2D eigenvalue weighted by Crippen LogP contribution is -2.07. The van der Waals surface area contributed by atoms with Gasteiger partial charge in [0.05, 0.1) is 5.69 Å². The molecule has 1 rings (SSSR count). The summed E-state index contributed by atoms with van der Waals surface area (Å²) in [4.78, 5) is 1.55. The number of nitrogens with zero attached hydrogens (tertiary/aromatic N) is 2. The van der Waals surface area contributed by atoms with E-state index in [1.165, 1.54) is 5.56 Å². The van der Waals surface area contributed by atoms with Gasteiger partial charge in [0, 0.05) is 7.05 Å². The molecule has 0 fully saturated rings. The number of hydrogen-bond donors (Lipinski definition) is 0. The Labute approximate surface area is 85.8 Å². The standard InChI is InChI=1S/C12H16N2/c1-10(2)8-11-4-6-12(7-5-11)14(3)9-13/h4-7,10H,8H2,1-3H3. The zero-order valence-electron chi connectivity index (χ0n) is 8.99. The maximum absolute atomic E-state index is 8.68. The van der Waals surface area contributed by atoms with E-state index in [4.69, 9.17) is 5.26 Å². The first-order valence-corrected chi connectivity index (χ1v) is 4.86. The smallest absolute Gasteiger partial charge is 0.183 e. The minimum atomic E-state index is 0.676. The van der Waals surface area contributed by atoms with E-state index in [9.17, 15) is 0 Å². The van der Waals surface area contributed by atoms with E-state index in [1.54, 1.807) is 11.9 Å². The van der Waals surface area contributed by atoms with Crippen molar-refractivity contribution >= 4 is 5.69 Å². The molecule has 2 nitrogen and oxygen atoms in total. The van der Waals surface area contributed by atoms with Crippen LogP contribution in [0.3, 0.4) is 0 Å². The second-order valence-corrected chi connectivity index (χ2v) is 3.92. The highest BCUT2D eigenvalue weighted by atomic mass is 15.1. The first-order valence-electron chi connectivity index (χ1n) is 4.86. The molecular formula is C12H16N2. The molecule has 0 atom stereocenters. The molecule has 0 N–H and O–H groups in total. The SMILES string of the molecule is CC(C)Cc1ccc(N(C)C#N)cc1. The van der Waals surface area contributed by atoms with Crippen LogP contribution >= 0.6 is 0 Å². The van der Waals surface area contributed by atoms with Gasteiger partial charge in [-0.05, 0) is 30.0 Å². The molecular weight excluding hydrogens is 172 g/mol. The average Bonchev–Trinajstić information content (AvgIpc) is 2.17. The largest absolute Gasteiger partial charge is 0.283 e. The predicted molar refractivity (Wildman–Crippen MR) is 59.0 cm³/mol. The number of rotatable bonds is 3. The molecule has 1 aromatic rings. The first kappa shape index (κ1) is 10.6. The van der Waals surface area contributed by atoms with E-state index < -0.39 is 0 Å². The van der Waals surface area contributed by atoms with Crippen molar-refractivity contribution in [2.24, 2.45) is 5.92 Å². The lowest BCUT2D eigenvalue weighted by atomic mass is 10.0. The summed E-state index contributed by atoms with van der Waals surface area (Å²) in [5.74, 6) is 0.676. The van der Waals surface area contributed by atoms with Crippen molar-refractivity contribution in [2.45, 2.75) is 20.3 Å². The average molecular weight is 188 g/mol. The number of benzene rings is 1. The lowest BCUT2D eigenvalue weighted by molar-refractivity contribution is 0.647. The van der Waals surface area contributed by atoms with Gasteiger partial charge in [-0.15, -0.1) is 0 Å². The van der Waals surface area contributed by atoms with Crippen molar-refractivity contribution < 1.29 is 0 Å². The quantitative estimate of drug-likeness (QED) is 0.538. The van der Waals surface area contributed by atoms with E-state index >= 15 is 0 Å². The fourth-order valence-electron chi connectivity index (χ4n) is 1.38. The first-order chi connectivity index (χ1) is 6.63. The number of anilines is 1. The Hall–Kier alpha value is -1.49. The van der Waals surface area contributed by atoms with Gasteiger partial charge in [0.1, 0.15) is 0 Å². The molecule has 0 amide bonds. The van der Waals surface area contributed by atoms with Gasteiger partial charge in [-0.2, -0.15) is 5.26 Å². The van der Waals surface area contributed by atoms with Crippen LogP contribution in [0.1, 0.15) is 19.4 Å². The third-order valence-electron chi connectivity index (χ3n) is 2.12. The molecule has 0 unspecified atom stereocenters. The van der Waals surface area contributed by atoms with Crippen molar-refractivity contribution in [1.29, 1.82) is 5.26 Å². The second kappa shape index (κ2) is 4.66. The van der Waals surface area contributed by atoms with Gasteiger partial charge >= 0.3 is 0 Å². The summed E-state index contributed by atoms with van der Waals surface area (Å²) in [6.45, 7) is 4.41. The zero-order valence-corrected chi connectivity index (χ0v) is 8.99. The third-order valence-corrected chi connectivity index (χ3v) is 2.12. The molecule has 74 valence electrons. The van der Waals surface area contributed by atoms with Crippen molar-refractivity contribution in [3.05, 3.63) is 29.8 Å². The molecule has 0 spiro atoms. The Balaban J connectivity index is 2.74. The maximum atomic E-state index is 8.68. The molecule has 14 heavy (non-hydrogen) atoms. The summed E-state index contributed by atoms with van der Waals surface area (Å²) in [5.41, 5.74) is 2.27. The molecule has 1 aromatic carbocycles. The minimum Gasteiger partial charge on any atom is -0.283 e. The van der Waals surface area contributed by atoms with E-state index in [1.807, 2.05) is 12.1 Å². The van der Waals surface area contributed by atoms with Gasteiger partial charge in [-0.3, -0.25) is 4.90 Å². The van der Waals surface area contributed by atoms with Crippen LogP contribution in [0.15, 0.2) is 24.3 Å². The highest BCUT2D eigenvalue weighted by Gasteiger charge is 2.00. The molecule has 0 bridgehead atoms. The molecule has 0 aromatic heterocycles. The maximum Gasteiger partial charge on any atom is 0.183 e. The van der Waals surface area contributed by atoms with Crippen LogP contribution in [-0.4, -0.2) is 7.05 Å². The summed E-state index contributed by atoms with van der Waals surface area (Å²) < 4.78 is 0. The topological polar surface area (TPSA) is 27.0 Å². The van der Waals surface area contributed by atoms with Crippen molar-refractivity contribution in [2.75, 3.05) is 11.9 Å². The van der Waals surface area contributed by atoms with E-state index in [0.29, 0.717) is 5.92 Å². The summed E-state index contributed by atoms with van der Waals surface area (Å²) in [7, 11) is 1.76.